The van der Waals surface area contributed by atoms with E-state index < -0.39 is 12.1 Å². The molecule has 122 valence electrons. The number of rotatable bonds is 4. The molecule has 0 unspecified atom stereocenters. The van der Waals surface area contributed by atoms with E-state index in [-0.39, 0.29) is 17.2 Å². The molecule has 24 heavy (non-hydrogen) atoms. The predicted octanol–water partition coefficient (Wildman–Crippen LogP) is 4.01. The molecular formula is C17H13ClN2O4. The third-order valence-electron chi connectivity index (χ3n) is 3.27. The lowest BCUT2D eigenvalue weighted by atomic mass is 10.2. The Bertz CT molecular complexity index is 864. The van der Waals surface area contributed by atoms with E-state index in [9.17, 15) is 9.90 Å². The van der Waals surface area contributed by atoms with Crippen LogP contribution in [0.15, 0.2) is 52.9 Å². The first-order valence-corrected chi connectivity index (χ1v) is 7.50. The normalized spacial score (nSPS) is 11.9. The first-order valence-electron chi connectivity index (χ1n) is 7.13. The number of carbonyl (C=O) groups excluding carboxylic acids is 1. The Kier molecular flexibility index (Phi) is 4.48. The minimum atomic E-state index is -0.766. The van der Waals surface area contributed by atoms with Gasteiger partial charge in [-0.05, 0) is 37.3 Å². The number of aromatic nitrogens is 2. The van der Waals surface area contributed by atoms with Crippen LogP contribution < -0.4 is 0 Å². The van der Waals surface area contributed by atoms with Crippen LogP contribution in [0.1, 0.15) is 29.3 Å². The lowest BCUT2D eigenvalue weighted by molar-refractivity contribution is 0.0277. The Labute approximate surface area is 142 Å². The fraction of sp³-hybridized carbons (Fsp3) is 0.118. The molecule has 0 fully saturated rings. The van der Waals surface area contributed by atoms with Gasteiger partial charge in [-0.2, -0.15) is 0 Å². The molecule has 0 radical (unpaired) electrons. The molecule has 1 N–H and O–H groups in total. The van der Waals surface area contributed by atoms with E-state index in [2.05, 4.69) is 10.2 Å². The molecule has 0 spiro atoms. The number of phenols is 1. The van der Waals surface area contributed by atoms with E-state index in [4.69, 9.17) is 20.8 Å². The minimum Gasteiger partial charge on any atom is -0.507 e. The number of nitrogens with zero attached hydrogens (tertiary/aromatic N) is 2. The van der Waals surface area contributed by atoms with Crippen LogP contribution in [0.3, 0.4) is 0 Å². The highest BCUT2D eigenvalue weighted by Gasteiger charge is 2.21. The maximum absolute atomic E-state index is 12.1. The van der Waals surface area contributed by atoms with Crippen molar-refractivity contribution in [1.82, 2.24) is 10.2 Å². The Hall–Kier alpha value is -2.86. The van der Waals surface area contributed by atoms with Gasteiger partial charge in [0.05, 0.1) is 0 Å². The zero-order chi connectivity index (χ0) is 17.1. The number of carbonyl (C=O) groups is 1. The van der Waals surface area contributed by atoms with E-state index in [0.29, 0.717) is 10.9 Å². The van der Waals surface area contributed by atoms with Crippen molar-refractivity contribution in [3.8, 4) is 17.2 Å². The Balaban J connectivity index is 1.74. The lowest BCUT2D eigenvalue weighted by Crippen LogP contribution is -2.09. The van der Waals surface area contributed by atoms with Gasteiger partial charge in [-0.3, -0.25) is 0 Å². The van der Waals surface area contributed by atoms with Crippen LogP contribution in [0.5, 0.6) is 5.75 Å². The summed E-state index contributed by atoms with van der Waals surface area (Å²) in [6.45, 7) is 1.60. The zero-order valence-corrected chi connectivity index (χ0v) is 13.4. The van der Waals surface area contributed by atoms with E-state index in [1.165, 1.54) is 18.2 Å². The monoisotopic (exact) mass is 344 g/mol. The smallest absolute Gasteiger partial charge is 0.342 e. The van der Waals surface area contributed by atoms with Crippen LogP contribution in [0.25, 0.3) is 11.5 Å². The number of hydrogen-bond acceptors (Lipinski definition) is 6. The van der Waals surface area contributed by atoms with Gasteiger partial charge in [-0.1, -0.05) is 29.8 Å². The average Bonchev–Trinajstić information content (AvgIpc) is 3.05. The summed E-state index contributed by atoms with van der Waals surface area (Å²) in [5, 5.41) is 17.9. The molecule has 1 aromatic heterocycles. The average molecular weight is 345 g/mol. The van der Waals surface area contributed by atoms with Crippen molar-refractivity contribution in [3.05, 3.63) is 65.0 Å². The molecule has 3 rings (SSSR count). The van der Waals surface area contributed by atoms with Gasteiger partial charge < -0.3 is 14.3 Å². The first-order chi connectivity index (χ1) is 11.5. The number of esters is 1. The standard InChI is InChI=1S/C17H13ClN2O4/c1-10(23-17(22)13-8-7-12(18)9-14(13)21)15-19-20-16(24-15)11-5-3-2-4-6-11/h2-10,21H,1H3/t10-/m1/s1. The van der Waals surface area contributed by atoms with Crippen LogP contribution >= 0.6 is 11.6 Å². The Morgan fingerprint density at radius 1 is 1.21 bits per heavy atom. The third-order valence-corrected chi connectivity index (χ3v) is 3.51. The van der Waals surface area contributed by atoms with Gasteiger partial charge in [0.25, 0.3) is 5.89 Å². The summed E-state index contributed by atoms with van der Waals surface area (Å²) in [5.74, 6) is -0.468. The topological polar surface area (TPSA) is 85.5 Å². The molecule has 0 aliphatic heterocycles. The molecular weight excluding hydrogens is 332 g/mol. The highest BCUT2D eigenvalue weighted by molar-refractivity contribution is 6.30. The van der Waals surface area contributed by atoms with E-state index in [0.717, 1.165) is 5.56 Å². The quantitative estimate of drug-likeness (QED) is 0.719. The first kappa shape index (κ1) is 16.0. The second-order valence-corrected chi connectivity index (χ2v) is 5.46. The van der Waals surface area contributed by atoms with Crippen molar-refractivity contribution in [3.63, 3.8) is 0 Å². The van der Waals surface area contributed by atoms with Gasteiger partial charge in [0.15, 0.2) is 6.10 Å². The minimum absolute atomic E-state index is 0.00838. The van der Waals surface area contributed by atoms with Gasteiger partial charge >= 0.3 is 5.97 Å². The highest BCUT2D eigenvalue weighted by atomic mass is 35.5. The second-order valence-electron chi connectivity index (χ2n) is 5.02. The van der Waals surface area contributed by atoms with Crippen LogP contribution in [-0.2, 0) is 4.74 Å². The Morgan fingerprint density at radius 3 is 2.67 bits per heavy atom. The molecule has 1 heterocycles. The Morgan fingerprint density at radius 2 is 1.96 bits per heavy atom. The van der Waals surface area contributed by atoms with Crippen LogP contribution in [0.2, 0.25) is 5.02 Å². The fourth-order valence-electron chi connectivity index (χ4n) is 2.05. The molecule has 3 aromatic rings. The number of halogens is 1. The van der Waals surface area contributed by atoms with Crippen LogP contribution in [-0.4, -0.2) is 21.3 Å². The molecule has 0 saturated carbocycles. The maximum atomic E-state index is 12.1. The molecule has 0 bridgehead atoms. The van der Waals surface area contributed by atoms with Gasteiger partial charge in [-0.15, -0.1) is 10.2 Å². The van der Waals surface area contributed by atoms with Crippen molar-refractivity contribution in [1.29, 1.82) is 0 Å². The van der Waals surface area contributed by atoms with Crippen molar-refractivity contribution in [2.24, 2.45) is 0 Å². The summed E-state index contributed by atoms with van der Waals surface area (Å²) in [6, 6.07) is 13.4. The number of phenolic OH excluding ortho intramolecular Hbond substituents is 1. The molecule has 0 amide bonds. The molecule has 0 saturated heterocycles. The summed E-state index contributed by atoms with van der Waals surface area (Å²) in [6.07, 6.45) is -0.766. The summed E-state index contributed by atoms with van der Waals surface area (Å²) < 4.78 is 10.8. The number of aromatic hydroxyl groups is 1. The maximum Gasteiger partial charge on any atom is 0.342 e. The summed E-state index contributed by atoms with van der Waals surface area (Å²) in [7, 11) is 0. The van der Waals surface area contributed by atoms with Crippen LogP contribution in [0, 0.1) is 0 Å². The largest absolute Gasteiger partial charge is 0.507 e. The van der Waals surface area contributed by atoms with Gasteiger partial charge in [0.1, 0.15) is 11.3 Å². The van der Waals surface area contributed by atoms with Crippen molar-refractivity contribution >= 4 is 17.6 Å². The van der Waals surface area contributed by atoms with Crippen LogP contribution in [0.4, 0.5) is 0 Å². The van der Waals surface area contributed by atoms with Gasteiger partial charge in [0.2, 0.25) is 5.89 Å². The van der Waals surface area contributed by atoms with E-state index >= 15 is 0 Å². The zero-order valence-electron chi connectivity index (χ0n) is 12.6. The highest BCUT2D eigenvalue weighted by Crippen LogP contribution is 2.26. The second kappa shape index (κ2) is 6.72. The molecule has 1 atom stereocenters. The van der Waals surface area contributed by atoms with E-state index in [1.54, 1.807) is 6.92 Å². The van der Waals surface area contributed by atoms with Crippen molar-refractivity contribution in [2.75, 3.05) is 0 Å². The SMILES string of the molecule is C[C@@H](OC(=O)c1ccc(Cl)cc1O)c1nnc(-c2ccccc2)o1. The van der Waals surface area contributed by atoms with E-state index in [1.807, 2.05) is 30.3 Å². The summed E-state index contributed by atoms with van der Waals surface area (Å²) >= 11 is 5.74. The molecule has 0 aliphatic carbocycles. The third kappa shape index (κ3) is 3.38. The molecule has 6 nitrogen and oxygen atoms in total. The fourth-order valence-corrected chi connectivity index (χ4v) is 2.21. The molecule has 0 aliphatic rings. The number of hydrogen-bond donors (Lipinski definition) is 1. The lowest BCUT2D eigenvalue weighted by Gasteiger charge is -2.10. The number of ether oxygens (including phenoxy) is 1. The number of benzene rings is 2. The molecule has 2 aromatic carbocycles. The molecule has 7 heteroatoms. The van der Waals surface area contributed by atoms with Crippen molar-refractivity contribution in [2.45, 2.75) is 13.0 Å². The van der Waals surface area contributed by atoms with Gasteiger partial charge in [-0.25, -0.2) is 4.79 Å². The summed E-state index contributed by atoms with van der Waals surface area (Å²) in [5.41, 5.74) is 0.777. The summed E-state index contributed by atoms with van der Waals surface area (Å²) in [4.78, 5) is 12.1. The van der Waals surface area contributed by atoms with Crippen molar-refractivity contribution < 1.29 is 19.1 Å². The van der Waals surface area contributed by atoms with Gasteiger partial charge in [0, 0.05) is 10.6 Å². The predicted molar refractivity (Wildman–Crippen MR) is 86.7 cm³/mol.